The van der Waals surface area contributed by atoms with Gasteiger partial charge in [0.15, 0.2) is 5.13 Å². The van der Waals surface area contributed by atoms with E-state index in [-0.39, 0.29) is 5.91 Å². The second-order valence-corrected chi connectivity index (χ2v) is 11.3. The number of nitrogens with one attached hydrogen (secondary N) is 2. The number of carbonyl (C=O) groups excluding carboxylic acids is 1. The van der Waals surface area contributed by atoms with Crippen molar-refractivity contribution in [1.82, 2.24) is 4.98 Å². The Balaban J connectivity index is 1.24. The Hall–Kier alpha value is -3.69. The smallest absolute Gasteiger partial charge is 0.264 e. The molecule has 0 saturated heterocycles. The van der Waals surface area contributed by atoms with Gasteiger partial charge in [-0.1, -0.05) is 42.5 Å². The second kappa shape index (κ2) is 10.1. The largest absolute Gasteiger partial charge is 0.357 e. The minimum Gasteiger partial charge on any atom is -0.357 e. The van der Waals surface area contributed by atoms with E-state index in [1.54, 1.807) is 12.1 Å². The lowest BCUT2D eigenvalue weighted by atomic mass is 10.0. The first kappa shape index (κ1) is 24.0. The number of para-hydroxylation sites is 1. The fourth-order valence-corrected chi connectivity index (χ4v) is 6.51. The van der Waals surface area contributed by atoms with Crippen molar-refractivity contribution >= 4 is 43.8 Å². The zero-order chi connectivity index (χ0) is 25.1. The summed E-state index contributed by atoms with van der Waals surface area (Å²) in [6, 6.07) is 22.3. The number of amides is 1. The van der Waals surface area contributed by atoms with Crippen molar-refractivity contribution in [3.63, 3.8) is 0 Å². The van der Waals surface area contributed by atoms with Gasteiger partial charge in [0.05, 0.1) is 16.3 Å². The van der Waals surface area contributed by atoms with Crippen molar-refractivity contribution in [2.24, 2.45) is 0 Å². The third-order valence-corrected chi connectivity index (χ3v) is 8.66. The summed E-state index contributed by atoms with van der Waals surface area (Å²) >= 11 is 1.50. The number of aromatic nitrogens is 1. The van der Waals surface area contributed by atoms with Gasteiger partial charge >= 0.3 is 0 Å². The lowest BCUT2D eigenvalue weighted by molar-refractivity contribution is -0.114. The Morgan fingerprint density at radius 2 is 1.78 bits per heavy atom. The summed E-state index contributed by atoms with van der Waals surface area (Å²) in [4.78, 5) is 16.1. The van der Waals surface area contributed by atoms with E-state index in [4.69, 9.17) is 0 Å². The van der Waals surface area contributed by atoms with Crippen LogP contribution in [-0.2, 0) is 27.8 Å². The van der Waals surface area contributed by atoms with Crippen molar-refractivity contribution in [2.75, 3.05) is 21.5 Å². The first-order valence-corrected chi connectivity index (χ1v) is 14.0. The number of rotatable bonds is 7. The number of fused-ring (bicyclic) bond motifs is 1. The van der Waals surface area contributed by atoms with Gasteiger partial charge in [-0.3, -0.25) is 9.10 Å². The molecule has 1 aliphatic rings. The van der Waals surface area contributed by atoms with Gasteiger partial charge in [0.2, 0.25) is 5.91 Å². The van der Waals surface area contributed by atoms with Crippen LogP contribution in [0.5, 0.6) is 0 Å². The van der Waals surface area contributed by atoms with Gasteiger partial charge in [-0.15, -0.1) is 11.3 Å². The fourth-order valence-electron chi connectivity index (χ4n) is 4.25. The molecule has 4 aromatic rings. The molecular formula is C27H26N4O3S2. The maximum Gasteiger partial charge on any atom is 0.264 e. The standard InChI is InChI=1S/C27H26N4O3S2/c1-19(32)29-23-12-10-21(11-13-23)25-18-35-27(30-25)28-17-20-8-14-24(15-9-20)36(33,34)31-16-4-6-22-5-2-3-7-26(22)31/h2-3,5,7-15,18H,4,6,16-17H2,1H3,(H,28,30)(H,29,32). The quantitative estimate of drug-likeness (QED) is 0.336. The zero-order valence-electron chi connectivity index (χ0n) is 19.8. The van der Waals surface area contributed by atoms with Crippen LogP contribution in [0.15, 0.2) is 83.1 Å². The van der Waals surface area contributed by atoms with E-state index in [1.165, 1.54) is 22.6 Å². The minimum absolute atomic E-state index is 0.106. The Morgan fingerprint density at radius 3 is 2.53 bits per heavy atom. The summed E-state index contributed by atoms with van der Waals surface area (Å²) < 4.78 is 28.2. The summed E-state index contributed by atoms with van der Waals surface area (Å²) in [6.07, 6.45) is 1.71. The molecule has 3 aromatic carbocycles. The summed E-state index contributed by atoms with van der Waals surface area (Å²) in [6.45, 7) is 2.50. The third-order valence-electron chi connectivity index (χ3n) is 6.03. The summed E-state index contributed by atoms with van der Waals surface area (Å²) in [7, 11) is -3.62. The third kappa shape index (κ3) is 5.12. The molecule has 2 N–H and O–H groups in total. The molecule has 0 radical (unpaired) electrons. The number of anilines is 3. The number of nitrogens with zero attached hydrogens (tertiary/aromatic N) is 2. The van der Waals surface area contributed by atoms with Gasteiger partial charge in [-0.25, -0.2) is 13.4 Å². The average Bonchev–Trinajstić information content (AvgIpc) is 3.36. The van der Waals surface area contributed by atoms with Crippen LogP contribution in [0.1, 0.15) is 24.5 Å². The molecule has 0 aliphatic carbocycles. The molecule has 1 amide bonds. The topological polar surface area (TPSA) is 91.4 Å². The van der Waals surface area contributed by atoms with Crippen molar-refractivity contribution in [2.45, 2.75) is 31.2 Å². The summed E-state index contributed by atoms with van der Waals surface area (Å²) in [5.41, 5.74) is 5.36. The SMILES string of the molecule is CC(=O)Nc1ccc(-c2csc(NCc3ccc(S(=O)(=O)N4CCCc5ccccc54)cc3)n2)cc1. The van der Waals surface area contributed by atoms with E-state index >= 15 is 0 Å². The lowest BCUT2D eigenvalue weighted by Gasteiger charge is -2.30. The molecule has 0 atom stereocenters. The van der Waals surface area contributed by atoms with E-state index in [0.717, 1.165) is 51.7 Å². The van der Waals surface area contributed by atoms with Gasteiger partial charge in [0.1, 0.15) is 0 Å². The van der Waals surface area contributed by atoms with Gasteiger partial charge in [-0.2, -0.15) is 0 Å². The van der Waals surface area contributed by atoms with E-state index in [1.807, 2.05) is 66.0 Å². The second-order valence-electron chi connectivity index (χ2n) is 8.60. The molecule has 9 heteroatoms. The summed E-state index contributed by atoms with van der Waals surface area (Å²) in [5, 5.41) is 8.82. The first-order chi connectivity index (χ1) is 17.4. The van der Waals surface area contributed by atoms with Gasteiger partial charge in [-0.05, 0) is 54.3 Å². The normalized spacial score (nSPS) is 13.2. The Morgan fingerprint density at radius 1 is 1.03 bits per heavy atom. The average molecular weight is 519 g/mol. The predicted molar refractivity (Wildman–Crippen MR) is 145 cm³/mol. The molecule has 0 spiro atoms. The number of hydrogen-bond donors (Lipinski definition) is 2. The molecular weight excluding hydrogens is 492 g/mol. The molecule has 184 valence electrons. The predicted octanol–water partition coefficient (Wildman–Crippen LogP) is 5.52. The van der Waals surface area contributed by atoms with Crippen LogP contribution in [0.4, 0.5) is 16.5 Å². The molecule has 1 aromatic heterocycles. The van der Waals surface area contributed by atoms with Gasteiger partial charge in [0.25, 0.3) is 10.0 Å². The molecule has 2 heterocycles. The molecule has 0 unspecified atom stereocenters. The van der Waals surface area contributed by atoms with Crippen LogP contribution in [0.3, 0.4) is 0 Å². The van der Waals surface area contributed by atoms with Crippen LogP contribution in [-0.4, -0.2) is 25.9 Å². The lowest BCUT2D eigenvalue weighted by Crippen LogP contribution is -2.35. The van der Waals surface area contributed by atoms with Crippen LogP contribution in [0.2, 0.25) is 0 Å². The molecule has 5 rings (SSSR count). The van der Waals surface area contributed by atoms with Crippen molar-refractivity contribution in [3.05, 3.63) is 89.3 Å². The maximum absolute atomic E-state index is 13.3. The highest BCUT2D eigenvalue weighted by molar-refractivity contribution is 7.92. The number of thiazole rings is 1. The number of aryl methyl sites for hydroxylation is 1. The van der Waals surface area contributed by atoms with Crippen molar-refractivity contribution in [3.8, 4) is 11.3 Å². The van der Waals surface area contributed by atoms with Crippen LogP contribution in [0.25, 0.3) is 11.3 Å². The molecule has 0 saturated carbocycles. The maximum atomic E-state index is 13.3. The zero-order valence-corrected chi connectivity index (χ0v) is 21.4. The van der Waals surface area contributed by atoms with E-state index in [0.29, 0.717) is 18.0 Å². The van der Waals surface area contributed by atoms with E-state index in [9.17, 15) is 13.2 Å². The Kier molecular flexibility index (Phi) is 6.75. The van der Waals surface area contributed by atoms with Crippen LogP contribution in [0, 0.1) is 0 Å². The minimum atomic E-state index is -3.62. The molecule has 7 nitrogen and oxygen atoms in total. The molecule has 0 bridgehead atoms. The monoisotopic (exact) mass is 518 g/mol. The van der Waals surface area contributed by atoms with Crippen molar-refractivity contribution in [1.29, 1.82) is 0 Å². The van der Waals surface area contributed by atoms with Gasteiger partial charge < -0.3 is 10.6 Å². The number of hydrogen-bond acceptors (Lipinski definition) is 6. The van der Waals surface area contributed by atoms with Gasteiger partial charge in [0, 0.05) is 36.6 Å². The van der Waals surface area contributed by atoms with Crippen molar-refractivity contribution < 1.29 is 13.2 Å². The highest BCUT2D eigenvalue weighted by atomic mass is 32.2. The fraction of sp³-hybridized carbons (Fsp3) is 0.185. The number of sulfonamides is 1. The Bertz CT molecular complexity index is 1480. The molecule has 0 fully saturated rings. The molecule has 1 aliphatic heterocycles. The van der Waals surface area contributed by atoms with Crippen LogP contribution >= 0.6 is 11.3 Å². The van der Waals surface area contributed by atoms with E-state index in [2.05, 4.69) is 15.6 Å². The first-order valence-electron chi connectivity index (χ1n) is 11.7. The highest BCUT2D eigenvalue weighted by Gasteiger charge is 2.28. The van der Waals surface area contributed by atoms with Crippen LogP contribution < -0.4 is 14.9 Å². The number of benzene rings is 3. The van der Waals surface area contributed by atoms with E-state index < -0.39 is 10.0 Å². The number of carbonyl (C=O) groups is 1. The molecule has 36 heavy (non-hydrogen) atoms. The summed E-state index contributed by atoms with van der Waals surface area (Å²) in [5.74, 6) is -0.106. The Labute approximate surface area is 214 Å². The highest BCUT2D eigenvalue weighted by Crippen LogP contribution is 2.32.